The van der Waals surface area contributed by atoms with E-state index in [1.54, 1.807) is 0 Å². The number of amides is 1. The predicted octanol–water partition coefficient (Wildman–Crippen LogP) is -1.57. The molecule has 9 N–H and O–H groups in total. The van der Waals surface area contributed by atoms with Gasteiger partial charge in [0.15, 0.2) is 5.82 Å². The third kappa shape index (κ3) is 4.36. The number of aromatic amines is 1. The van der Waals surface area contributed by atoms with Crippen molar-refractivity contribution in [2.75, 3.05) is 38.3 Å². The Hall–Kier alpha value is -4.71. The van der Waals surface area contributed by atoms with Gasteiger partial charge < -0.3 is 36.7 Å². The number of H-pyrrole nitrogens is 1. The molecule has 0 unspecified atom stereocenters. The molecule has 4 rings (SSSR count). The molecule has 3 heterocycles. The molecule has 1 amide bonds. The topological polar surface area (TPSA) is 186 Å². The van der Waals surface area contributed by atoms with Crippen LogP contribution < -0.4 is 43.2 Å². The normalized spacial score (nSPS) is 15.4. The number of ether oxygens (including phenoxy) is 1. The second kappa shape index (κ2) is 10.3. The van der Waals surface area contributed by atoms with Crippen molar-refractivity contribution >= 4 is 40.4 Å². The van der Waals surface area contributed by atoms with Crippen molar-refractivity contribution in [2.45, 2.75) is 0 Å². The van der Waals surface area contributed by atoms with Gasteiger partial charge in [0.2, 0.25) is 0 Å². The maximum absolute atomic E-state index is 13.3. The monoisotopic (exact) mass is 491 g/mol. The number of carbonyl (C=O) groups excluding carboxylic acids is 2. The van der Waals surface area contributed by atoms with Gasteiger partial charge in [-0.05, 0) is 0 Å². The van der Waals surface area contributed by atoms with Crippen LogP contribution in [0.4, 0.5) is 5.82 Å². The lowest BCUT2D eigenvalue weighted by Crippen LogP contribution is -2.52. The molecule has 1 aliphatic heterocycles. The molecule has 188 valence electrons. The van der Waals surface area contributed by atoms with Gasteiger partial charge in [0.25, 0.3) is 11.7 Å². The summed E-state index contributed by atoms with van der Waals surface area (Å²) in [6, 6.07) is 7.55. The van der Waals surface area contributed by atoms with Crippen LogP contribution in [-0.2, 0) is 4.79 Å². The summed E-state index contributed by atoms with van der Waals surface area (Å²) in [6.45, 7) is 1.62. The Labute approximate surface area is 207 Å². The van der Waals surface area contributed by atoms with E-state index in [0.717, 1.165) is 10.4 Å². The Morgan fingerprint density at radius 1 is 1.14 bits per heavy atom. The molecule has 1 aromatic carbocycles. The lowest BCUT2D eigenvalue weighted by molar-refractivity contribution is -0.127. The Kier molecular flexibility index (Phi) is 6.97. The summed E-state index contributed by atoms with van der Waals surface area (Å²) in [5.74, 6) is 5.92. The molecule has 0 bridgehead atoms. The minimum Gasteiger partial charge on any atom is -0.494 e. The SMILES string of the molecule is COc1cnc(N(N)/C=C\N)c2[nH]cc(C(=O)C(=O)N3CCN(/C(N)=c4\cccc\c4=C\N)CC3)c12. The lowest BCUT2D eigenvalue weighted by atomic mass is 10.1. The van der Waals surface area contributed by atoms with Crippen LogP contribution in [0.2, 0.25) is 0 Å². The molecule has 36 heavy (non-hydrogen) atoms. The zero-order valence-corrected chi connectivity index (χ0v) is 19.8. The molecular weight excluding hydrogens is 462 g/mol. The zero-order chi connectivity index (χ0) is 25.8. The fourth-order valence-corrected chi connectivity index (χ4v) is 4.25. The van der Waals surface area contributed by atoms with Crippen LogP contribution in [0.3, 0.4) is 0 Å². The highest BCUT2D eigenvalue weighted by Crippen LogP contribution is 2.33. The highest BCUT2D eigenvalue weighted by molar-refractivity contribution is 6.45. The number of pyridine rings is 1. The van der Waals surface area contributed by atoms with Crippen LogP contribution in [0.1, 0.15) is 10.4 Å². The summed E-state index contributed by atoms with van der Waals surface area (Å²) in [4.78, 5) is 37.2. The number of rotatable bonds is 6. The van der Waals surface area contributed by atoms with Gasteiger partial charge in [-0.2, -0.15) is 0 Å². The van der Waals surface area contributed by atoms with E-state index in [2.05, 4.69) is 9.97 Å². The lowest BCUT2D eigenvalue weighted by Gasteiger charge is -2.35. The van der Waals surface area contributed by atoms with Crippen LogP contribution in [0, 0.1) is 0 Å². The first-order chi connectivity index (χ1) is 17.4. The number of hydrogen-bond acceptors (Lipinski definition) is 10. The first-order valence-electron chi connectivity index (χ1n) is 11.2. The number of Topliss-reactive ketones (excluding diaryl/α,β-unsaturated/α-hetero) is 1. The van der Waals surface area contributed by atoms with Crippen LogP contribution in [-0.4, -0.2) is 64.7 Å². The Bertz CT molecular complexity index is 1440. The highest BCUT2D eigenvalue weighted by atomic mass is 16.5. The van der Waals surface area contributed by atoms with Gasteiger partial charge in [0, 0.05) is 61.4 Å². The number of nitrogens with zero attached hydrogens (tertiary/aromatic N) is 4. The van der Waals surface area contributed by atoms with Crippen molar-refractivity contribution in [3.8, 4) is 5.75 Å². The predicted molar refractivity (Wildman–Crippen MR) is 137 cm³/mol. The Morgan fingerprint density at radius 2 is 1.83 bits per heavy atom. The van der Waals surface area contributed by atoms with Crippen LogP contribution >= 0.6 is 0 Å². The second-order valence-electron chi connectivity index (χ2n) is 8.10. The molecule has 12 nitrogen and oxygen atoms in total. The third-order valence-corrected chi connectivity index (χ3v) is 6.13. The maximum atomic E-state index is 13.3. The minimum atomic E-state index is -0.664. The number of carbonyl (C=O) groups is 2. The van der Waals surface area contributed by atoms with Crippen LogP contribution in [0.25, 0.3) is 22.9 Å². The van der Waals surface area contributed by atoms with Gasteiger partial charge in [-0.1, -0.05) is 24.3 Å². The molecule has 1 fully saturated rings. The quantitative estimate of drug-likeness (QED) is 0.117. The van der Waals surface area contributed by atoms with E-state index >= 15 is 0 Å². The molecule has 1 aliphatic rings. The summed E-state index contributed by atoms with van der Waals surface area (Å²) >= 11 is 0. The highest BCUT2D eigenvalue weighted by Gasteiger charge is 2.30. The van der Waals surface area contributed by atoms with E-state index in [4.69, 9.17) is 27.8 Å². The van der Waals surface area contributed by atoms with Crippen LogP contribution in [0.15, 0.2) is 49.1 Å². The van der Waals surface area contributed by atoms with Gasteiger partial charge in [-0.25, -0.2) is 10.8 Å². The van der Waals surface area contributed by atoms with Crippen LogP contribution in [0.5, 0.6) is 5.75 Å². The number of fused-ring (bicyclic) bond motifs is 1. The molecule has 0 atom stereocenters. The fourth-order valence-electron chi connectivity index (χ4n) is 4.25. The Balaban J connectivity index is 1.57. The molecule has 12 heteroatoms. The van der Waals surface area contributed by atoms with Gasteiger partial charge in [0.1, 0.15) is 11.6 Å². The number of ketones is 1. The first-order valence-corrected chi connectivity index (χ1v) is 11.2. The average molecular weight is 492 g/mol. The molecule has 3 aromatic rings. The van der Waals surface area contributed by atoms with Gasteiger partial charge in [-0.3, -0.25) is 14.6 Å². The third-order valence-electron chi connectivity index (χ3n) is 6.13. The van der Waals surface area contributed by atoms with Gasteiger partial charge in [0.05, 0.1) is 29.8 Å². The number of nitrogens with one attached hydrogen (secondary N) is 1. The molecule has 0 aliphatic carbocycles. The van der Waals surface area contributed by atoms with E-state index in [1.165, 1.54) is 48.0 Å². The number of nitrogens with two attached hydrogens (primary N) is 4. The molecule has 2 aromatic heterocycles. The summed E-state index contributed by atoms with van der Waals surface area (Å²) in [7, 11) is 1.46. The first kappa shape index (κ1) is 24.4. The minimum absolute atomic E-state index is 0.168. The van der Waals surface area contributed by atoms with Crippen molar-refractivity contribution in [2.24, 2.45) is 23.0 Å². The molecule has 0 spiro atoms. The van der Waals surface area contributed by atoms with Crippen molar-refractivity contribution in [3.05, 3.63) is 65.1 Å². The number of anilines is 1. The van der Waals surface area contributed by atoms with Crippen molar-refractivity contribution in [3.63, 3.8) is 0 Å². The summed E-state index contributed by atoms with van der Waals surface area (Å²) in [5, 5.41) is 3.26. The molecule has 0 radical (unpaired) electrons. The summed E-state index contributed by atoms with van der Waals surface area (Å²) < 4.78 is 5.40. The fraction of sp³-hybridized carbons (Fsp3) is 0.208. The average Bonchev–Trinajstić information content (AvgIpc) is 3.37. The van der Waals surface area contributed by atoms with E-state index in [-0.39, 0.29) is 5.56 Å². The number of hydrogen-bond donors (Lipinski definition) is 5. The van der Waals surface area contributed by atoms with Crippen molar-refractivity contribution < 1.29 is 14.3 Å². The molecule has 0 saturated carbocycles. The molecular formula is C24H29N9O3. The van der Waals surface area contributed by atoms with E-state index in [9.17, 15) is 9.59 Å². The number of piperazine rings is 1. The number of methoxy groups -OCH3 is 1. The standard InChI is InChI=1S/C24H29N9O3/c1-36-18-14-30-23(33(28)7-6-25)20-19(18)17(13-29-20)21(34)24(35)32-10-8-31(9-11-32)22(27)16-5-3-2-4-15(16)12-26/h2-7,12-14,29H,8-11,25-28H2,1H3/b7-6-,15-12-,22-16+. The number of benzene rings is 1. The second-order valence-corrected chi connectivity index (χ2v) is 8.10. The maximum Gasteiger partial charge on any atom is 0.295 e. The largest absolute Gasteiger partial charge is 0.494 e. The summed E-state index contributed by atoms with van der Waals surface area (Å²) in [6.07, 6.45) is 7.07. The van der Waals surface area contributed by atoms with E-state index in [1.807, 2.05) is 29.2 Å². The number of aromatic nitrogens is 2. The molecule has 1 saturated heterocycles. The van der Waals surface area contributed by atoms with Gasteiger partial charge >= 0.3 is 0 Å². The van der Waals surface area contributed by atoms with E-state index < -0.39 is 11.7 Å². The van der Waals surface area contributed by atoms with Crippen molar-refractivity contribution in [1.29, 1.82) is 0 Å². The van der Waals surface area contributed by atoms with Crippen molar-refractivity contribution in [1.82, 2.24) is 19.8 Å². The Morgan fingerprint density at radius 3 is 2.50 bits per heavy atom. The van der Waals surface area contributed by atoms with Gasteiger partial charge in [-0.15, -0.1) is 0 Å². The smallest absolute Gasteiger partial charge is 0.295 e. The summed E-state index contributed by atoms with van der Waals surface area (Å²) in [5.41, 5.74) is 18.2. The number of hydrazine groups is 1. The van der Waals surface area contributed by atoms with E-state index in [0.29, 0.717) is 54.5 Å². The zero-order valence-electron chi connectivity index (χ0n) is 19.8.